The molecule has 1 aliphatic heterocycles. The molecule has 3 rings (SSSR count). The number of nitrogens with one attached hydrogen (secondary N) is 2. The third kappa shape index (κ3) is 5.38. The minimum Gasteiger partial charge on any atom is -0.355 e. The summed E-state index contributed by atoms with van der Waals surface area (Å²) in [6, 6.07) is 6.59. The van der Waals surface area contributed by atoms with Gasteiger partial charge in [0.2, 0.25) is 5.95 Å². The molecule has 2 heterocycles. The Bertz CT molecular complexity index is 838. The number of benzene rings is 1. The lowest BCUT2D eigenvalue weighted by atomic mass is 10.1. The smallest absolute Gasteiger partial charge is 0.355 e. The first-order valence-electron chi connectivity index (χ1n) is 10.0. The van der Waals surface area contributed by atoms with Crippen LogP contribution >= 0.6 is 0 Å². The molecule has 1 atom stereocenters. The van der Waals surface area contributed by atoms with Crippen molar-refractivity contribution < 1.29 is 13.2 Å². The van der Waals surface area contributed by atoms with E-state index in [0.29, 0.717) is 17.7 Å². The highest BCUT2D eigenvalue weighted by atomic mass is 19.4. The van der Waals surface area contributed by atoms with Crippen LogP contribution in [0.1, 0.15) is 43.0 Å². The van der Waals surface area contributed by atoms with Crippen molar-refractivity contribution in [3.05, 3.63) is 41.1 Å². The summed E-state index contributed by atoms with van der Waals surface area (Å²) in [6.07, 6.45) is -0.496. The molecule has 1 fully saturated rings. The lowest BCUT2D eigenvalue weighted by molar-refractivity contribution is -0.138. The Morgan fingerprint density at radius 2 is 2.00 bits per heavy atom. The van der Waals surface area contributed by atoms with Crippen LogP contribution in [0.15, 0.2) is 24.3 Å². The highest BCUT2D eigenvalue weighted by Crippen LogP contribution is 2.34. The Kier molecular flexibility index (Phi) is 6.62. The molecule has 0 saturated carbocycles. The molecule has 1 aromatic heterocycles. The van der Waals surface area contributed by atoms with E-state index in [2.05, 4.69) is 32.4 Å². The largest absolute Gasteiger partial charge is 0.416 e. The van der Waals surface area contributed by atoms with E-state index in [0.717, 1.165) is 56.4 Å². The second-order valence-corrected chi connectivity index (χ2v) is 7.52. The van der Waals surface area contributed by atoms with E-state index in [9.17, 15) is 13.2 Å². The van der Waals surface area contributed by atoms with E-state index in [1.807, 2.05) is 13.1 Å². The number of anilines is 3. The molecule has 0 aliphatic carbocycles. The average molecular weight is 407 g/mol. The number of hydrogen-bond donors (Lipinski definition) is 2. The Morgan fingerprint density at radius 3 is 2.69 bits per heavy atom. The number of halogens is 3. The zero-order valence-corrected chi connectivity index (χ0v) is 17.1. The predicted molar refractivity (Wildman–Crippen MR) is 110 cm³/mol. The number of likely N-dealkylation sites (N-methyl/N-ethyl adjacent to an activating group) is 1. The molecule has 2 N–H and O–H groups in total. The fraction of sp³-hybridized carbons (Fsp3) is 0.524. The quantitative estimate of drug-likeness (QED) is 0.728. The van der Waals surface area contributed by atoms with Gasteiger partial charge < -0.3 is 15.5 Å². The second-order valence-electron chi connectivity index (χ2n) is 7.52. The van der Waals surface area contributed by atoms with Gasteiger partial charge in [0.05, 0.1) is 5.56 Å². The van der Waals surface area contributed by atoms with Crippen molar-refractivity contribution in [3.63, 3.8) is 0 Å². The van der Waals surface area contributed by atoms with Gasteiger partial charge in [-0.25, -0.2) is 4.98 Å². The molecule has 1 aliphatic rings. The van der Waals surface area contributed by atoms with Gasteiger partial charge in [-0.3, -0.25) is 0 Å². The van der Waals surface area contributed by atoms with Gasteiger partial charge in [-0.05, 0) is 50.9 Å². The maximum absolute atomic E-state index is 13.2. The molecular weight excluding hydrogens is 379 g/mol. The lowest BCUT2D eigenvalue weighted by Gasteiger charge is -2.33. The minimum atomic E-state index is -4.40. The van der Waals surface area contributed by atoms with Crippen LogP contribution in [0.4, 0.5) is 30.6 Å². The van der Waals surface area contributed by atoms with E-state index in [1.165, 1.54) is 13.0 Å². The molecule has 0 radical (unpaired) electrons. The number of hydrogen-bond acceptors (Lipinski definition) is 5. The lowest BCUT2D eigenvalue weighted by Crippen LogP contribution is -2.44. The first kappa shape index (κ1) is 21.4. The fourth-order valence-corrected chi connectivity index (χ4v) is 3.64. The summed E-state index contributed by atoms with van der Waals surface area (Å²) in [5.74, 6) is 1.14. The van der Waals surface area contributed by atoms with Crippen LogP contribution in [0.5, 0.6) is 0 Å². The first-order chi connectivity index (χ1) is 13.8. The molecule has 0 spiro atoms. The molecule has 29 heavy (non-hydrogen) atoms. The van der Waals surface area contributed by atoms with Crippen molar-refractivity contribution in [2.45, 2.75) is 51.7 Å². The average Bonchev–Trinajstić information content (AvgIpc) is 2.69. The van der Waals surface area contributed by atoms with Crippen molar-refractivity contribution >= 4 is 17.5 Å². The summed E-state index contributed by atoms with van der Waals surface area (Å²) in [5, 5.41) is 6.30. The van der Waals surface area contributed by atoms with E-state index in [1.54, 1.807) is 6.07 Å². The Hall–Kier alpha value is -2.35. The van der Waals surface area contributed by atoms with Gasteiger partial charge in [0.15, 0.2) is 0 Å². The molecule has 0 bridgehead atoms. The Labute approximate surface area is 169 Å². The van der Waals surface area contributed by atoms with Crippen molar-refractivity contribution in [2.75, 3.05) is 30.4 Å². The van der Waals surface area contributed by atoms with E-state index >= 15 is 0 Å². The SMILES string of the molecule is CCCc1cc(N2CCC[C@@H](NC)C2)nc(Nc2ccc(C)c(C(F)(F)F)c2)n1. The van der Waals surface area contributed by atoms with Crippen LogP contribution in [0.25, 0.3) is 0 Å². The van der Waals surface area contributed by atoms with Crippen molar-refractivity contribution in [3.8, 4) is 0 Å². The van der Waals surface area contributed by atoms with Crippen LogP contribution in [0.2, 0.25) is 0 Å². The number of aromatic nitrogens is 2. The molecule has 1 saturated heterocycles. The zero-order chi connectivity index (χ0) is 21.0. The standard InChI is InChI=1S/C21H28F3N5/c1-4-6-15-12-19(29-10-5-7-17(13-29)25-3)28-20(26-15)27-16-9-8-14(2)18(11-16)21(22,23)24/h8-9,11-12,17,25H,4-7,10,13H2,1-3H3,(H,26,27,28)/t17-/m1/s1. The highest BCUT2D eigenvalue weighted by Gasteiger charge is 2.32. The van der Waals surface area contributed by atoms with E-state index < -0.39 is 11.7 Å². The highest BCUT2D eigenvalue weighted by molar-refractivity contribution is 5.58. The van der Waals surface area contributed by atoms with Gasteiger partial charge in [-0.1, -0.05) is 19.4 Å². The fourth-order valence-electron chi connectivity index (χ4n) is 3.64. The van der Waals surface area contributed by atoms with Crippen molar-refractivity contribution in [1.29, 1.82) is 0 Å². The number of rotatable bonds is 6. The van der Waals surface area contributed by atoms with Crippen LogP contribution in [-0.4, -0.2) is 36.1 Å². The molecule has 2 aromatic rings. The number of aryl methyl sites for hydroxylation is 2. The molecule has 8 heteroatoms. The normalized spacial score (nSPS) is 17.4. The molecule has 0 amide bonds. The van der Waals surface area contributed by atoms with E-state index in [-0.39, 0.29) is 5.56 Å². The monoisotopic (exact) mass is 407 g/mol. The van der Waals surface area contributed by atoms with E-state index in [4.69, 9.17) is 0 Å². The summed E-state index contributed by atoms with van der Waals surface area (Å²) in [4.78, 5) is 11.3. The zero-order valence-electron chi connectivity index (χ0n) is 17.1. The van der Waals surface area contributed by atoms with Gasteiger partial charge in [0, 0.05) is 36.6 Å². The third-order valence-electron chi connectivity index (χ3n) is 5.22. The maximum Gasteiger partial charge on any atom is 0.416 e. The number of alkyl halides is 3. The predicted octanol–water partition coefficient (Wildman–Crippen LogP) is 4.69. The third-order valence-corrected chi connectivity index (χ3v) is 5.22. The van der Waals surface area contributed by atoms with Crippen LogP contribution < -0.4 is 15.5 Å². The van der Waals surface area contributed by atoms with Crippen molar-refractivity contribution in [1.82, 2.24) is 15.3 Å². The van der Waals surface area contributed by atoms with Crippen molar-refractivity contribution in [2.24, 2.45) is 0 Å². The van der Waals surface area contributed by atoms with Gasteiger partial charge in [0.1, 0.15) is 5.82 Å². The van der Waals surface area contributed by atoms with Gasteiger partial charge in [-0.15, -0.1) is 0 Å². The van der Waals surface area contributed by atoms with Crippen LogP contribution in [-0.2, 0) is 12.6 Å². The number of nitrogens with zero attached hydrogens (tertiary/aromatic N) is 3. The van der Waals surface area contributed by atoms with Crippen LogP contribution in [0, 0.1) is 6.92 Å². The molecule has 0 unspecified atom stereocenters. The molecule has 5 nitrogen and oxygen atoms in total. The summed E-state index contributed by atoms with van der Waals surface area (Å²) in [7, 11) is 1.96. The first-order valence-corrected chi connectivity index (χ1v) is 10.0. The number of piperidine rings is 1. The maximum atomic E-state index is 13.2. The minimum absolute atomic E-state index is 0.191. The Balaban J connectivity index is 1.90. The Morgan fingerprint density at radius 1 is 1.21 bits per heavy atom. The molecular formula is C21H28F3N5. The summed E-state index contributed by atoms with van der Waals surface area (Å²) < 4.78 is 39.7. The molecule has 1 aromatic carbocycles. The summed E-state index contributed by atoms with van der Waals surface area (Å²) >= 11 is 0. The van der Waals surface area contributed by atoms with Gasteiger partial charge in [-0.2, -0.15) is 18.2 Å². The van der Waals surface area contributed by atoms with Gasteiger partial charge in [0.25, 0.3) is 0 Å². The van der Waals surface area contributed by atoms with Gasteiger partial charge >= 0.3 is 6.18 Å². The second kappa shape index (κ2) is 8.98. The van der Waals surface area contributed by atoms with Crippen LogP contribution in [0.3, 0.4) is 0 Å². The molecule has 158 valence electrons. The summed E-state index contributed by atoms with van der Waals surface area (Å²) in [6.45, 7) is 5.28. The topological polar surface area (TPSA) is 53.1 Å². The summed E-state index contributed by atoms with van der Waals surface area (Å²) in [5.41, 5.74) is 0.750.